The van der Waals surface area contributed by atoms with Crippen molar-refractivity contribution < 1.29 is 26.1 Å². The molecule has 1 aromatic carbocycles. The van der Waals surface area contributed by atoms with Gasteiger partial charge in [0.15, 0.2) is 0 Å². The van der Waals surface area contributed by atoms with E-state index in [2.05, 4.69) is 9.68 Å². The van der Waals surface area contributed by atoms with Crippen molar-refractivity contribution in [1.82, 2.24) is 9.46 Å². The summed E-state index contributed by atoms with van der Waals surface area (Å²) in [5.41, 5.74) is 2.15. The number of halogens is 3. The van der Waals surface area contributed by atoms with Crippen LogP contribution in [0.15, 0.2) is 51.9 Å². The number of hydrogen-bond donors (Lipinski definition) is 0. The highest BCUT2D eigenvalue weighted by atomic mass is 32.2. The second kappa shape index (κ2) is 7.92. The standard InChI is InChI=1S/C21H19F3N2O3S2/c1-13-19(17-12-18(29-25-17)21(22,23)24)20(14(2)30-13)31(27,28)26-10-8-16(9-11-26)15-6-4-3-5-7-15/h3-8,12H,9-11H2,1-2H3. The number of thiophene rings is 1. The molecule has 5 nitrogen and oxygen atoms in total. The largest absolute Gasteiger partial charge is 0.452 e. The summed E-state index contributed by atoms with van der Waals surface area (Å²) >= 11 is 1.21. The molecule has 31 heavy (non-hydrogen) atoms. The second-order valence-corrected chi connectivity index (χ2v) is 10.5. The molecule has 0 amide bonds. The molecule has 0 saturated carbocycles. The fraction of sp³-hybridized carbons (Fsp3) is 0.286. The molecule has 0 saturated heterocycles. The van der Waals surface area contributed by atoms with Crippen molar-refractivity contribution in [2.24, 2.45) is 0 Å². The fourth-order valence-electron chi connectivity index (χ4n) is 3.71. The van der Waals surface area contributed by atoms with Crippen molar-refractivity contribution >= 4 is 26.9 Å². The van der Waals surface area contributed by atoms with Crippen molar-refractivity contribution in [2.75, 3.05) is 13.1 Å². The van der Waals surface area contributed by atoms with Gasteiger partial charge in [-0.05, 0) is 31.4 Å². The summed E-state index contributed by atoms with van der Waals surface area (Å²) in [6.45, 7) is 3.78. The van der Waals surface area contributed by atoms with Crippen LogP contribution in [0, 0.1) is 13.8 Å². The Labute approximate surface area is 181 Å². The van der Waals surface area contributed by atoms with Gasteiger partial charge in [0.05, 0.1) is 0 Å². The molecular weight excluding hydrogens is 449 g/mol. The summed E-state index contributed by atoms with van der Waals surface area (Å²) in [5.74, 6) is -1.26. The Morgan fingerprint density at radius 3 is 2.42 bits per heavy atom. The van der Waals surface area contributed by atoms with Crippen molar-refractivity contribution in [3.8, 4) is 11.3 Å². The summed E-state index contributed by atoms with van der Waals surface area (Å²) in [6, 6.07) is 10.5. The van der Waals surface area contributed by atoms with Crippen molar-refractivity contribution in [1.29, 1.82) is 0 Å². The van der Waals surface area contributed by atoms with Crippen LogP contribution in [0.1, 0.15) is 27.5 Å². The number of aryl methyl sites for hydroxylation is 2. The predicted molar refractivity (Wildman–Crippen MR) is 112 cm³/mol. The van der Waals surface area contributed by atoms with Gasteiger partial charge in [-0.15, -0.1) is 11.3 Å². The monoisotopic (exact) mass is 468 g/mol. The Kier molecular flexibility index (Phi) is 5.57. The lowest BCUT2D eigenvalue weighted by molar-refractivity contribution is -0.155. The van der Waals surface area contributed by atoms with Crippen LogP contribution in [0.4, 0.5) is 13.2 Å². The topological polar surface area (TPSA) is 63.4 Å². The smallest absolute Gasteiger partial charge is 0.351 e. The predicted octanol–water partition coefficient (Wildman–Crippen LogP) is 5.52. The van der Waals surface area contributed by atoms with Crippen LogP contribution in [-0.2, 0) is 16.2 Å². The first-order valence-electron chi connectivity index (χ1n) is 9.48. The highest BCUT2D eigenvalue weighted by Gasteiger charge is 2.38. The third-order valence-electron chi connectivity index (χ3n) is 5.17. The number of rotatable bonds is 4. The minimum Gasteiger partial charge on any atom is -0.351 e. The van der Waals surface area contributed by atoms with Crippen LogP contribution in [-0.4, -0.2) is 31.0 Å². The maximum Gasteiger partial charge on any atom is 0.452 e. The van der Waals surface area contributed by atoms with Gasteiger partial charge in [0.2, 0.25) is 15.8 Å². The molecule has 2 aromatic heterocycles. The molecule has 0 atom stereocenters. The lowest BCUT2D eigenvalue weighted by Gasteiger charge is -2.26. The molecule has 0 radical (unpaired) electrons. The van der Waals surface area contributed by atoms with E-state index in [9.17, 15) is 21.6 Å². The van der Waals surface area contributed by atoms with E-state index in [1.807, 2.05) is 36.4 Å². The summed E-state index contributed by atoms with van der Waals surface area (Å²) in [4.78, 5) is 1.06. The third-order valence-corrected chi connectivity index (χ3v) is 8.35. The zero-order valence-electron chi connectivity index (χ0n) is 16.7. The molecule has 4 rings (SSSR count). The average Bonchev–Trinajstić information content (AvgIpc) is 3.33. The molecule has 0 spiro atoms. The molecule has 0 aliphatic carbocycles. The van der Waals surface area contributed by atoms with Gasteiger partial charge in [0.25, 0.3) is 0 Å². The molecule has 3 aromatic rings. The third kappa shape index (κ3) is 4.07. The summed E-state index contributed by atoms with van der Waals surface area (Å²) in [6.07, 6.45) is -2.28. The van der Waals surface area contributed by atoms with Gasteiger partial charge < -0.3 is 4.52 Å². The van der Waals surface area contributed by atoms with Gasteiger partial charge in [-0.3, -0.25) is 0 Å². The molecular formula is C21H19F3N2O3S2. The quantitative estimate of drug-likeness (QED) is 0.506. The Hall–Kier alpha value is -2.43. The molecule has 164 valence electrons. The molecule has 1 aliphatic heterocycles. The van der Waals surface area contributed by atoms with Gasteiger partial charge >= 0.3 is 6.18 Å². The summed E-state index contributed by atoms with van der Waals surface area (Å²) in [7, 11) is -3.95. The van der Waals surface area contributed by atoms with Gasteiger partial charge in [0, 0.05) is 34.5 Å². The number of alkyl halides is 3. The minimum atomic E-state index is -4.70. The molecule has 1 aliphatic rings. The van der Waals surface area contributed by atoms with E-state index in [-0.39, 0.29) is 29.2 Å². The number of aromatic nitrogens is 1. The van der Waals surface area contributed by atoms with E-state index in [1.165, 1.54) is 15.6 Å². The maximum atomic E-state index is 13.5. The molecule has 0 N–H and O–H groups in total. The highest BCUT2D eigenvalue weighted by molar-refractivity contribution is 7.89. The van der Waals surface area contributed by atoms with E-state index < -0.39 is 22.0 Å². The SMILES string of the molecule is Cc1sc(C)c(S(=O)(=O)N2CC=C(c3ccccc3)CC2)c1-c1cc(C(F)(F)F)on1. The molecule has 0 bridgehead atoms. The Morgan fingerprint density at radius 1 is 1.13 bits per heavy atom. The summed E-state index contributed by atoms with van der Waals surface area (Å²) < 4.78 is 71.6. The first kappa shape index (κ1) is 21.8. The van der Waals surface area contributed by atoms with Gasteiger partial charge in [-0.1, -0.05) is 41.6 Å². The van der Waals surface area contributed by atoms with Crippen LogP contribution < -0.4 is 0 Å². The van der Waals surface area contributed by atoms with E-state index in [4.69, 9.17) is 0 Å². The van der Waals surface area contributed by atoms with Crippen molar-refractivity contribution in [3.63, 3.8) is 0 Å². The van der Waals surface area contributed by atoms with Crippen LogP contribution in [0.3, 0.4) is 0 Å². The molecule has 10 heteroatoms. The molecule has 0 unspecified atom stereocenters. The van der Waals surface area contributed by atoms with E-state index in [0.717, 1.165) is 17.2 Å². The van der Waals surface area contributed by atoms with Gasteiger partial charge in [-0.25, -0.2) is 8.42 Å². The highest BCUT2D eigenvalue weighted by Crippen LogP contribution is 2.42. The molecule has 0 fully saturated rings. The maximum absolute atomic E-state index is 13.5. The lowest BCUT2D eigenvalue weighted by Crippen LogP contribution is -2.35. The van der Waals surface area contributed by atoms with Crippen molar-refractivity contribution in [2.45, 2.75) is 31.3 Å². The van der Waals surface area contributed by atoms with Crippen LogP contribution in [0.25, 0.3) is 16.8 Å². The Balaban J connectivity index is 1.70. The van der Waals surface area contributed by atoms with E-state index in [0.29, 0.717) is 16.2 Å². The number of benzene rings is 1. The number of nitrogens with zero attached hydrogens (tertiary/aromatic N) is 2. The van der Waals surface area contributed by atoms with E-state index >= 15 is 0 Å². The second-order valence-electron chi connectivity index (χ2n) is 7.20. The Bertz CT molecular complexity index is 1240. The number of hydrogen-bond acceptors (Lipinski definition) is 5. The first-order chi connectivity index (χ1) is 14.6. The van der Waals surface area contributed by atoms with Crippen LogP contribution in [0.2, 0.25) is 0 Å². The van der Waals surface area contributed by atoms with Crippen LogP contribution in [0.5, 0.6) is 0 Å². The Morgan fingerprint density at radius 2 is 1.84 bits per heavy atom. The zero-order chi connectivity index (χ0) is 22.4. The first-order valence-corrected chi connectivity index (χ1v) is 11.7. The van der Waals surface area contributed by atoms with Crippen LogP contribution >= 0.6 is 11.3 Å². The lowest BCUT2D eigenvalue weighted by atomic mass is 10.0. The minimum absolute atomic E-state index is 0.00594. The normalized spacial score (nSPS) is 15.8. The zero-order valence-corrected chi connectivity index (χ0v) is 18.4. The number of sulfonamides is 1. The van der Waals surface area contributed by atoms with Crippen molar-refractivity contribution in [3.05, 3.63) is 63.6 Å². The summed E-state index contributed by atoms with van der Waals surface area (Å²) in [5, 5.41) is 3.51. The van der Waals surface area contributed by atoms with Gasteiger partial charge in [-0.2, -0.15) is 17.5 Å². The fourth-order valence-corrected chi connectivity index (χ4v) is 6.92. The van der Waals surface area contributed by atoms with E-state index in [1.54, 1.807) is 13.8 Å². The van der Waals surface area contributed by atoms with Gasteiger partial charge in [0.1, 0.15) is 10.6 Å². The molecule has 3 heterocycles. The average molecular weight is 469 g/mol.